The molecule has 2 aliphatic carbocycles. The molecule has 0 heterocycles. The van der Waals surface area contributed by atoms with Gasteiger partial charge in [0.2, 0.25) is 5.91 Å². The minimum atomic E-state index is -4.39. The van der Waals surface area contributed by atoms with Gasteiger partial charge in [-0.2, -0.15) is 13.2 Å². The summed E-state index contributed by atoms with van der Waals surface area (Å²) in [5.74, 6) is 0.236. The lowest BCUT2D eigenvalue weighted by Gasteiger charge is -2.45. The molecule has 124 valence electrons. The molecule has 2 fully saturated rings. The molecule has 0 aromatic carbocycles. The molecule has 2 aliphatic rings. The van der Waals surface area contributed by atoms with Gasteiger partial charge in [-0.25, -0.2) is 0 Å². The number of nitrogens with one attached hydrogen (secondary N) is 1. The molecule has 21 heavy (non-hydrogen) atoms. The van der Waals surface area contributed by atoms with Gasteiger partial charge in [-0.3, -0.25) is 4.79 Å². The minimum Gasteiger partial charge on any atom is -0.362 e. The number of fused-ring (bicyclic) bond motifs is 2. The van der Waals surface area contributed by atoms with Crippen molar-refractivity contribution in [3.8, 4) is 0 Å². The number of alkyl halides is 3. The highest BCUT2D eigenvalue weighted by atomic mass is 35.5. The number of nitrogens with two attached hydrogens (primary N) is 1. The van der Waals surface area contributed by atoms with E-state index in [0.717, 1.165) is 32.1 Å². The van der Waals surface area contributed by atoms with Crippen molar-refractivity contribution < 1.29 is 22.7 Å². The van der Waals surface area contributed by atoms with Crippen molar-refractivity contribution in [2.24, 2.45) is 17.6 Å². The SMILES string of the molecule is Cl.NC1CC2CCCC(C1)C2NC(=O)COCC(F)(F)F. The number of carbonyl (C=O) groups is 1. The molecule has 0 radical (unpaired) electrons. The standard InChI is InChI=1S/C13H21F3N2O2.ClH/c14-13(15,16)7-20-6-11(19)18-12-8-2-1-3-9(12)5-10(17)4-8;/h8-10,12H,1-7,17H2,(H,18,19);1H. The topological polar surface area (TPSA) is 64.3 Å². The van der Waals surface area contributed by atoms with Crippen LogP contribution in [0.4, 0.5) is 13.2 Å². The quantitative estimate of drug-likeness (QED) is 0.828. The van der Waals surface area contributed by atoms with Crippen molar-refractivity contribution in [1.82, 2.24) is 5.32 Å². The number of hydrogen-bond donors (Lipinski definition) is 2. The first kappa shape index (κ1) is 18.5. The van der Waals surface area contributed by atoms with E-state index in [1.807, 2.05) is 0 Å². The largest absolute Gasteiger partial charge is 0.411 e. The van der Waals surface area contributed by atoms with E-state index in [0.29, 0.717) is 11.8 Å². The van der Waals surface area contributed by atoms with E-state index in [9.17, 15) is 18.0 Å². The van der Waals surface area contributed by atoms with Gasteiger partial charge in [0, 0.05) is 12.1 Å². The fraction of sp³-hybridized carbons (Fsp3) is 0.923. The zero-order chi connectivity index (χ0) is 14.8. The predicted molar refractivity (Wildman–Crippen MR) is 74.1 cm³/mol. The Balaban J connectivity index is 0.00000220. The van der Waals surface area contributed by atoms with Crippen LogP contribution in [0.1, 0.15) is 32.1 Å². The monoisotopic (exact) mass is 330 g/mol. The summed E-state index contributed by atoms with van der Waals surface area (Å²) in [4.78, 5) is 11.7. The van der Waals surface area contributed by atoms with Gasteiger partial charge >= 0.3 is 6.18 Å². The maximum absolute atomic E-state index is 11.9. The van der Waals surface area contributed by atoms with Crippen molar-refractivity contribution in [2.45, 2.75) is 50.4 Å². The average molecular weight is 331 g/mol. The lowest BCUT2D eigenvalue weighted by molar-refractivity contribution is -0.176. The Morgan fingerprint density at radius 1 is 1.24 bits per heavy atom. The minimum absolute atomic E-state index is 0. The lowest BCUT2D eigenvalue weighted by Crippen LogP contribution is -2.54. The fourth-order valence-electron chi connectivity index (χ4n) is 3.51. The molecular formula is C13H22ClF3N2O2. The van der Waals surface area contributed by atoms with Crippen molar-refractivity contribution in [1.29, 1.82) is 0 Å². The Morgan fingerprint density at radius 3 is 2.33 bits per heavy atom. The fourth-order valence-corrected chi connectivity index (χ4v) is 3.51. The molecular weight excluding hydrogens is 309 g/mol. The summed E-state index contributed by atoms with van der Waals surface area (Å²) in [6.45, 7) is -1.93. The highest BCUT2D eigenvalue weighted by Gasteiger charge is 2.39. The molecule has 2 atom stereocenters. The van der Waals surface area contributed by atoms with Gasteiger partial charge in [0.05, 0.1) is 0 Å². The van der Waals surface area contributed by atoms with Crippen LogP contribution in [0.3, 0.4) is 0 Å². The van der Waals surface area contributed by atoms with Crippen LogP contribution in [0.25, 0.3) is 0 Å². The maximum atomic E-state index is 11.9. The zero-order valence-corrected chi connectivity index (χ0v) is 12.5. The molecule has 0 aliphatic heterocycles. The predicted octanol–water partition coefficient (Wildman–Crippen LogP) is 2.01. The molecule has 0 aromatic heterocycles. The third-order valence-corrected chi connectivity index (χ3v) is 4.20. The number of rotatable bonds is 4. The van der Waals surface area contributed by atoms with Crippen LogP contribution in [-0.2, 0) is 9.53 Å². The number of halogens is 4. The van der Waals surface area contributed by atoms with Gasteiger partial charge in [0.25, 0.3) is 0 Å². The van der Waals surface area contributed by atoms with Crippen molar-refractivity contribution >= 4 is 18.3 Å². The zero-order valence-electron chi connectivity index (χ0n) is 11.7. The number of amides is 1. The van der Waals surface area contributed by atoms with Crippen molar-refractivity contribution in [3.05, 3.63) is 0 Å². The van der Waals surface area contributed by atoms with E-state index in [1.54, 1.807) is 0 Å². The van der Waals surface area contributed by atoms with Crippen LogP contribution in [0.2, 0.25) is 0 Å². The average Bonchev–Trinajstić information content (AvgIpc) is 2.28. The van der Waals surface area contributed by atoms with Gasteiger partial charge in [-0.05, 0) is 37.5 Å². The second-order valence-electron chi connectivity index (χ2n) is 5.88. The van der Waals surface area contributed by atoms with E-state index in [4.69, 9.17) is 5.73 Å². The Bertz CT molecular complexity index is 341. The summed E-state index contributed by atoms with van der Waals surface area (Å²) >= 11 is 0. The van der Waals surface area contributed by atoms with Crippen LogP contribution in [-0.4, -0.2) is 37.4 Å². The number of carbonyl (C=O) groups excluding carboxylic acids is 1. The molecule has 0 spiro atoms. The van der Waals surface area contributed by atoms with E-state index < -0.39 is 25.3 Å². The summed E-state index contributed by atoms with van der Waals surface area (Å²) in [5, 5.41) is 2.84. The first-order valence-corrected chi connectivity index (χ1v) is 7.04. The van der Waals surface area contributed by atoms with Crippen LogP contribution in [0.5, 0.6) is 0 Å². The molecule has 3 N–H and O–H groups in total. The van der Waals surface area contributed by atoms with Crippen molar-refractivity contribution in [3.63, 3.8) is 0 Å². The van der Waals surface area contributed by atoms with Gasteiger partial charge in [0.15, 0.2) is 0 Å². The third kappa shape index (κ3) is 5.64. The van der Waals surface area contributed by atoms with Crippen LogP contribution < -0.4 is 11.1 Å². The number of hydrogen-bond acceptors (Lipinski definition) is 3. The van der Waals surface area contributed by atoms with Gasteiger partial charge in [-0.15, -0.1) is 12.4 Å². The lowest BCUT2D eigenvalue weighted by atomic mass is 9.67. The summed E-state index contributed by atoms with van der Waals surface area (Å²) in [6, 6.07) is 0.227. The Kier molecular flexibility index (Phi) is 6.74. The van der Waals surface area contributed by atoms with Gasteiger partial charge < -0.3 is 15.8 Å². The van der Waals surface area contributed by atoms with Gasteiger partial charge in [0.1, 0.15) is 13.2 Å². The molecule has 2 rings (SSSR count). The number of ether oxygens (including phenoxy) is 1. The van der Waals surface area contributed by atoms with E-state index in [1.165, 1.54) is 0 Å². The summed E-state index contributed by atoms with van der Waals surface area (Å²) in [7, 11) is 0. The first-order chi connectivity index (χ1) is 9.35. The second kappa shape index (κ2) is 7.65. The highest BCUT2D eigenvalue weighted by molar-refractivity contribution is 5.85. The van der Waals surface area contributed by atoms with E-state index >= 15 is 0 Å². The summed E-state index contributed by atoms with van der Waals surface area (Å²) in [6.07, 6.45) is 0.556. The Hall–Kier alpha value is -0.530. The normalized spacial score (nSPS) is 32.2. The molecule has 2 unspecified atom stereocenters. The maximum Gasteiger partial charge on any atom is 0.411 e. The second-order valence-corrected chi connectivity index (χ2v) is 5.88. The van der Waals surface area contributed by atoms with Crippen LogP contribution >= 0.6 is 12.4 Å². The Labute approximate surface area is 128 Å². The molecule has 2 bridgehead atoms. The van der Waals surface area contributed by atoms with Crippen LogP contribution in [0, 0.1) is 11.8 Å². The van der Waals surface area contributed by atoms with E-state index in [2.05, 4.69) is 10.1 Å². The molecule has 2 saturated carbocycles. The molecule has 1 amide bonds. The van der Waals surface area contributed by atoms with Gasteiger partial charge in [-0.1, -0.05) is 6.42 Å². The summed E-state index contributed by atoms with van der Waals surface area (Å²) < 4.78 is 40.2. The molecule has 0 saturated heterocycles. The molecule has 8 heteroatoms. The third-order valence-electron chi connectivity index (χ3n) is 4.20. The van der Waals surface area contributed by atoms with Crippen LogP contribution in [0.15, 0.2) is 0 Å². The Morgan fingerprint density at radius 2 is 1.81 bits per heavy atom. The first-order valence-electron chi connectivity index (χ1n) is 7.04. The van der Waals surface area contributed by atoms with E-state index in [-0.39, 0.29) is 24.5 Å². The molecule has 4 nitrogen and oxygen atoms in total. The highest BCUT2D eigenvalue weighted by Crippen LogP contribution is 2.39. The summed E-state index contributed by atoms with van der Waals surface area (Å²) in [5.41, 5.74) is 5.98. The van der Waals surface area contributed by atoms with Crippen molar-refractivity contribution in [2.75, 3.05) is 13.2 Å². The smallest absolute Gasteiger partial charge is 0.362 e. The molecule has 0 aromatic rings.